The summed E-state index contributed by atoms with van der Waals surface area (Å²) in [6.07, 6.45) is 5.47. The predicted molar refractivity (Wildman–Crippen MR) is 98.6 cm³/mol. The number of anilines is 1. The van der Waals surface area contributed by atoms with E-state index in [0.29, 0.717) is 0 Å². The lowest BCUT2D eigenvalue weighted by atomic mass is 10.0. The van der Waals surface area contributed by atoms with Crippen LogP contribution in [0.2, 0.25) is 0 Å². The maximum absolute atomic E-state index is 5.43. The molecule has 3 heterocycles. The molecule has 0 aliphatic carbocycles. The molecule has 1 aromatic carbocycles. The van der Waals surface area contributed by atoms with Crippen LogP contribution in [0.3, 0.4) is 0 Å². The van der Waals surface area contributed by atoms with Gasteiger partial charge in [-0.05, 0) is 56.5 Å². The van der Waals surface area contributed by atoms with Gasteiger partial charge in [0.15, 0.2) is 0 Å². The van der Waals surface area contributed by atoms with Crippen LogP contribution in [0.15, 0.2) is 24.3 Å². The monoisotopic (exact) mass is 329 g/mol. The number of benzene rings is 1. The van der Waals surface area contributed by atoms with Crippen molar-refractivity contribution in [2.45, 2.75) is 38.3 Å². The van der Waals surface area contributed by atoms with E-state index in [2.05, 4.69) is 39.0 Å². The van der Waals surface area contributed by atoms with E-state index in [0.717, 1.165) is 38.9 Å². The first-order valence-electron chi connectivity index (χ1n) is 9.76. The SMILES string of the molecule is c1cc(N2CCC(N3CCCC3)CC2)ccc1CN1CCOCC1. The molecule has 3 saturated heterocycles. The lowest BCUT2D eigenvalue weighted by Crippen LogP contribution is -2.43. The molecule has 4 rings (SSSR count). The van der Waals surface area contributed by atoms with Gasteiger partial charge in [0.2, 0.25) is 0 Å². The summed E-state index contributed by atoms with van der Waals surface area (Å²) in [7, 11) is 0. The van der Waals surface area contributed by atoms with Gasteiger partial charge in [0.1, 0.15) is 0 Å². The lowest BCUT2D eigenvalue weighted by Gasteiger charge is -2.38. The Morgan fingerprint density at radius 3 is 2.17 bits per heavy atom. The fraction of sp³-hybridized carbons (Fsp3) is 0.700. The van der Waals surface area contributed by atoms with E-state index in [1.807, 2.05) is 0 Å². The molecule has 0 amide bonds. The minimum Gasteiger partial charge on any atom is -0.379 e. The minimum absolute atomic E-state index is 0.837. The van der Waals surface area contributed by atoms with E-state index in [4.69, 9.17) is 4.74 Å². The number of hydrogen-bond donors (Lipinski definition) is 0. The Morgan fingerprint density at radius 2 is 1.50 bits per heavy atom. The van der Waals surface area contributed by atoms with Crippen LogP contribution >= 0.6 is 0 Å². The van der Waals surface area contributed by atoms with Crippen LogP contribution in [-0.2, 0) is 11.3 Å². The molecule has 24 heavy (non-hydrogen) atoms. The zero-order chi connectivity index (χ0) is 16.2. The number of ether oxygens (including phenoxy) is 1. The van der Waals surface area contributed by atoms with E-state index < -0.39 is 0 Å². The van der Waals surface area contributed by atoms with Crippen molar-refractivity contribution in [3.05, 3.63) is 29.8 Å². The molecule has 4 nitrogen and oxygen atoms in total. The van der Waals surface area contributed by atoms with Crippen LogP contribution in [-0.4, -0.2) is 68.3 Å². The van der Waals surface area contributed by atoms with Crippen LogP contribution in [0.1, 0.15) is 31.2 Å². The molecule has 0 unspecified atom stereocenters. The second-order valence-corrected chi connectivity index (χ2v) is 7.52. The molecule has 0 spiro atoms. The van der Waals surface area contributed by atoms with Crippen molar-refractivity contribution in [3.63, 3.8) is 0 Å². The molecule has 0 bridgehead atoms. The molecule has 0 N–H and O–H groups in total. The molecule has 3 aliphatic heterocycles. The topological polar surface area (TPSA) is 19.0 Å². The Hall–Kier alpha value is -1.10. The quantitative estimate of drug-likeness (QED) is 0.845. The van der Waals surface area contributed by atoms with Crippen molar-refractivity contribution < 1.29 is 4.74 Å². The van der Waals surface area contributed by atoms with Crippen molar-refractivity contribution >= 4 is 5.69 Å². The number of nitrogens with zero attached hydrogens (tertiary/aromatic N) is 3. The second-order valence-electron chi connectivity index (χ2n) is 7.52. The number of hydrogen-bond acceptors (Lipinski definition) is 4. The van der Waals surface area contributed by atoms with E-state index in [9.17, 15) is 0 Å². The van der Waals surface area contributed by atoms with Gasteiger partial charge in [-0.3, -0.25) is 4.90 Å². The Balaban J connectivity index is 1.29. The van der Waals surface area contributed by atoms with Gasteiger partial charge in [0.25, 0.3) is 0 Å². The molecule has 0 saturated carbocycles. The molecule has 132 valence electrons. The first-order valence-corrected chi connectivity index (χ1v) is 9.76. The van der Waals surface area contributed by atoms with Crippen LogP contribution in [0.5, 0.6) is 0 Å². The Kier molecular flexibility index (Phi) is 5.36. The van der Waals surface area contributed by atoms with Crippen LogP contribution in [0.4, 0.5) is 5.69 Å². The van der Waals surface area contributed by atoms with Crippen molar-refractivity contribution in [3.8, 4) is 0 Å². The largest absolute Gasteiger partial charge is 0.379 e. The molecule has 4 heteroatoms. The number of likely N-dealkylation sites (tertiary alicyclic amines) is 1. The number of morpholine rings is 1. The summed E-state index contributed by atoms with van der Waals surface area (Å²) in [5.74, 6) is 0. The lowest BCUT2D eigenvalue weighted by molar-refractivity contribution is 0.0342. The minimum atomic E-state index is 0.837. The third-order valence-electron chi connectivity index (χ3n) is 5.93. The molecule has 1 aromatic rings. The molecule has 0 aromatic heterocycles. The molecule has 0 atom stereocenters. The standard InChI is InChI=1S/C20H31N3O/c1-2-10-22(9-1)20-7-11-23(12-8-20)19-5-3-18(4-6-19)17-21-13-15-24-16-14-21/h3-6,20H,1-2,7-17H2. The zero-order valence-electron chi connectivity index (χ0n) is 14.8. The average Bonchev–Trinajstić information content (AvgIpc) is 3.18. The normalized spacial score (nSPS) is 24.6. The highest BCUT2D eigenvalue weighted by molar-refractivity contribution is 5.48. The highest BCUT2D eigenvalue weighted by Crippen LogP contribution is 2.25. The molecular formula is C20H31N3O. The molecular weight excluding hydrogens is 298 g/mol. The average molecular weight is 329 g/mol. The van der Waals surface area contributed by atoms with Gasteiger partial charge in [-0.2, -0.15) is 0 Å². The second kappa shape index (κ2) is 7.85. The third-order valence-corrected chi connectivity index (χ3v) is 5.93. The number of piperidine rings is 1. The summed E-state index contributed by atoms with van der Waals surface area (Å²) < 4.78 is 5.43. The number of rotatable bonds is 4. The van der Waals surface area contributed by atoms with E-state index in [1.54, 1.807) is 0 Å². The summed E-state index contributed by atoms with van der Waals surface area (Å²) in [5.41, 5.74) is 2.83. The first-order chi connectivity index (χ1) is 11.9. The summed E-state index contributed by atoms with van der Waals surface area (Å²) in [4.78, 5) is 7.79. The Bertz CT molecular complexity index is 498. The summed E-state index contributed by atoms with van der Waals surface area (Å²) in [6, 6.07) is 10.1. The van der Waals surface area contributed by atoms with E-state index in [1.165, 1.54) is 63.1 Å². The molecule has 3 fully saturated rings. The first kappa shape index (κ1) is 16.4. The van der Waals surface area contributed by atoms with Crippen LogP contribution < -0.4 is 4.90 Å². The van der Waals surface area contributed by atoms with Gasteiger partial charge in [-0.25, -0.2) is 0 Å². The summed E-state index contributed by atoms with van der Waals surface area (Å²) in [5, 5.41) is 0. The van der Waals surface area contributed by atoms with Crippen molar-refractivity contribution in [1.82, 2.24) is 9.80 Å². The Morgan fingerprint density at radius 1 is 0.833 bits per heavy atom. The smallest absolute Gasteiger partial charge is 0.0594 e. The van der Waals surface area contributed by atoms with Gasteiger partial charge in [-0.15, -0.1) is 0 Å². The summed E-state index contributed by atoms with van der Waals surface area (Å²) in [6.45, 7) is 10.0. The summed E-state index contributed by atoms with van der Waals surface area (Å²) >= 11 is 0. The fourth-order valence-electron chi connectivity index (χ4n) is 4.43. The Labute approximate surface area is 146 Å². The van der Waals surface area contributed by atoms with Gasteiger partial charge < -0.3 is 14.5 Å². The maximum atomic E-state index is 5.43. The zero-order valence-corrected chi connectivity index (χ0v) is 14.8. The van der Waals surface area contributed by atoms with Crippen molar-refractivity contribution in [2.24, 2.45) is 0 Å². The highest BCUT2D eigenvalue weighted by atomic mass is 16.5. The van der Waals surface area contributed by atoms with Gasteiger partial charge in [0.05, 0.1) is 13.2 Å². The third kappa shape index (κ3) is 3.93. The molecule has 0 radical (unpaired) electrons. The van der Waals surface area contributed by atoms with Crippen molar-refractivity contribution in [2.75, 3.05) is 57.4 Å². The van der Waals surface area contributed by atoms with Crippen LogP contribution in [0.25, 0.3) is 0 Å². The van der Waals surface area contributed by atoms with Gasteiger partial charge in [-0.1, -0.05) is 12.1 Å². The fourth-order valence-corrected chi connectivity index (χ4v) is 4.43. The maximum Gasteiger partial charge on any atom is 0.0594 e. The predicted octanol–water partition coefficient (Wildman–Crippen LogP) is 2.58. The van der Waals surface area contributed by atoms with Gasteiger partial charge in [0, 0.05) is 44.5 Å². The van der Waals surface area contributed by atoms with Crippen molar-refractivity contribution in [1.29, 1.82) is 0 Å². The van der Waals surface area contributed by atoms with Crippen LogP contribution in [0, 0.1) is 0 Å². The molecule has 3 aliphatic rings. The van der Waals surface area contributed by atoms with E-state index >= 15 is 0 Å². The van der Waals surface area contributed by atoms with Gasteiger partial charge >= 0.3 is 0 Å². The van der Waals surface area contributed by atoms with E-state index in [-0.39, 0.29) is 0 Å². The highest BCUT2D eigenvalue weighted by Gasteiger charge is 2.26.